The summed E-state index contributed by atoms with van der Waals surface area (Å²) in [6, 6.07) is 12.2. The van der Waals surface area contributed by atoms with Gasteiger partial charge in [0.25, 0.3) is 5.91 Å². The van der Waals surface area contributed by atoms with E-state index in [1.807, 2.05) is 25.1 Å². The number of amides is 1. The minimum Gasteiger partial charge on any atom is -0.351 e. The van der Waals surface area contributed by atoms with E-state index in [1.165, 1.54) is 0 Å². The van der Waals surface area contributed by atoms with E-state index in [9.17, 15) is 13.2 Å². The fraction of sp³-hybridized carbons (Fsp3) is 0.481. The topological polar surface area (TPSA) is 85.8 Å². The van der Waals surface area contributed by atoms with Crippen LogP contribution in [0.1, 0.15) is 43.0 Å². The first-order valence-corrected chi connectivity index (χ1v) is 15.9. The van der Waals surface area contributed by atoms with Crippen molar-refractivity contribution in [1.29, 1.82) is 0 Å². The third-order valence-corrected chi connectivity index (χ3v) is 10.7. The number of fused-ring (bicyclic) bond motifs is 1. The summed E-state index contributed by atoms with van der Waals surface area (Å²) in [6.45, 7) is 7.45. The summed E-state index contributed by atoms with van der Waals surface area (Å²) in [5.74, 6) is -0.190. The zero-order valence-corrected chi connectivity index (χ0v) is 24.0. The van der Waals surface area contributed by atoms with E-state index in [0.717, 1.165) is 78.8 Å². The number of benzene rings is 2. The molecule has 1 amide bonds. The Morgan fingerprint density at radius 3 is 2.58 bits per heavy atom. The minimum atomic E-state index is -3.55. The predicted molar refractivity (Wildman–Crippen MR) is 154 cm³/mol. The Kier molecular flexibility index (Phi) is 8.54. The number of anilines is 1. The molecule has 3 heterocycles. The van der Waals surface area contributed by atoms with Crippen molar-refractivity contribution in [1.82, 2.24) is 19.5 Å². The van der Waals surface area contributed by atoms with Crippen molar-refractivity contribution in [3.8, 4) is 0 Å². The summed E-state index contributed by atoms with van der Waals surface area (Å²) in [7, 11) is -3.55. The molecule has 0 spiro atoms. The van der Waals surface area contributed by atoms with Gasteiger partial charge in [0.1, 0.15) is 0 Å². The van der Waals surface area contributed by atoms with Crippen molar-refractivity contribution in [3.63, 3.8) is 0 Å². The zero-order valence-electron chi connectivity index (χ0n) is 21.6. The number of piperazine rings is 1. The molecule has 2 aliphatic rings. The number of hydrogen-bond acceptors (Lipinski definition) is 7. The van der Waals surface area contributed by atoms with Gasteiger partial charge in [-0.2, -0.15) is 4.31 Å². The maximum atomic E-state index is 13.2. The molecule has 1 N–H and O–H groups in total. The lowest BCUT2D eigenvalue weighted by Gasteiger charge is -2.34. The van der Waals surface area contributed by atoms with Gasteiger partial charge in [0.05, 0.1) is 15.1 Å². The Morgan fingerprint density at radius 1 is 1.08 bits per heavy atom. The lowest BCUT2D eigenvalue weighted by atomic mass is 10.0. The number of rotatable bonds is 8. The van der Waals surface area contributed by atoms with Gasteiger partial charge in [-0.05, 0) is 61.7 Å². The van der Waals surface area contributed by atoms with Crippen LogP contribution in [0.3, 0.4) is 0 Å². The van der Waals surface area contributed by atoms with Crippen molar-refractivity contribution in [2.75, 3.05) is 50.7 Å². The third kappa shape index (κ3) is 5.99. The summed E-state index contributed by atoms with van der Waals surface area (Å²) in [5.41, 5.74) is 1.44. The van der Waals surface area contributed by atoms with E-state index in [0.29, 0.717) is 18.7 Å². The number of carbonyl (C=O) groups is 1. The molecule has 8 nitrogen and oxygen atoms in total. The number of nitrogens with zero attached hydrogens (tertiary/aromatic N) is 4. The monoisotopic (exact) mass is 575 g/mol. The molecule has 1 atom stereocenters. The molecule has 0 bridgehead atoms. The molecule has 3 aromatic rings. The highest BCUT2D eigenvalue weighted by atomic mass is 35.5. The molecule has 2 aromatic carbocycles. The molecule has 11 heteroatoms. The van der Waals surface area contributed by atoms with Gasteiger partial charge >= 0.3 is 0 Å². The van der Waals surface area contributed by atoms with Gasteiger partial charge in [-0.25, -0.2) is 13.4 Å². The van der Waals surface area contributed by atoms with Crippen LogP contribution in [-0.2, 0) is 10.0 Å². The highest BCUT2D eigenvalue weighted by molar-refractivity contribution is 7.89. The average Bonchev–Trinajstić information content (AvgIpc) is 3.36. The van der Waals surface area contributed by atoms with Gasteiger partial charge in [0.15, 0.2) is 5.13 Å². The normalized spacial score (nSPS) is 19.6. The average molecular weight is 576 g/mol. The molecular weight excluding hydrogens is 542 g/mol. The molecule has 2 aliphatic heterocycles. The summed E-state index contributed by atoms with van der Waals surface area (Å²) in [6.07, 6.45) is 3.68. The second kappa shape index (κ2) is 11.9. The molecule has 2 saturated heterocycles. The number of piperidine rings is 1. The van der Waals surface area contributed by atoms with Crippen molar-refractivity contribution >= 4 is 54.2 Å². The SMILES string of the molecule is CCC1CCCCN1S(=O)(=O)c1ccc(C(=O)NCCN2CCN(c3nc4ccc(Cl)cc4s3)CC2)cc1. The maximum absolute atomic E-state index is 13.2. The molecule has 2 fully saturated rings. The summed E-state index contributed by atoms with van der Waals surface area (Å²) in [4.78, 5) is 22.3. The first-order chi connectivity index (χ1) is 18.3. The zero-order chi connectivity index (χ0) is 26.7. The second-order valence-electron chi connectivity index (χ2n) is 9.89. The van der Waals surface area contributed by atoms with Gasteiger partial charge in [0, 0.05) is 62.4 Å². The Morgan fingerprint density at radius 2 is 1.84 bits per heavy atom. The molecule has 1 aromatic heterocycles. The Balaban J connectivity index is 1.09. The second-order valence-corrected chi connectivity index (χ2v) is 13.2. The number of carbonyl (C=O) groups excluding carboxylic acids is 1. The fourth-order valence-corrected chi connectivity index (χ4v) is 8.29. The predicted octanol–water partition coefficient (Wildman–Crippen LogP) is 4.45. The van der Waals surface area contributed by atoms with Crippen LogP contribution < -0.4 is 10.2 Å². The summed E-state index contributed by atoms with van der Waals surface area (Å²) >= 11 is 7.77. The van der Waals surface area contributed by atoms with E-state index in [4.69, 9.17) is 16.6 Å². The number of halogens is 1. The smallest absolute Gasteiger partial charge is 0.251 e. The number of hydrogen-bond donors (Lipinski definition) is 1. The van der Waals surface area contributed by atoms with Gasteiger partial charge < -0.3 is 10.2 Å². The third-order valence-electron chi connectivity index (χ3n) is 7.46. The molecule has 38 heavy (non-hydrogen) atoms. The van der Waals surface area contributed by atoms with Crippen molar-refractivity contribution < 1.29 is 13.2 Å². The summed E-state index contributed by atoms with van der Waals surface area (Å²) in [5, 5.41) is 4.72. The Labute approximate surface area is 233 Å². The van der Waals surface area contributed by atoms with E-state index in [2.05, 4.69) is 15.1 Å². The van der Waals surface area contributed by atoms with Crippen molar-refractivity contribution in [2.24, 2.45) is 0 Å². The number of aromatic nitrogens is 1. The van der Waals surface area contributed by atoms with Crippen molar-refractivity contribution in [2.45, 2.75) is 43.5 Å². The summed E-state index contributed by atoms with van der Waals surface area (Å²) < 4.78 is 29.1. The van der Waals surface area contributed by atoms with Crippen LogP contribution in [0, 0.1) is 0 Å². The van der Waals surface area contributed by atoms with Crippen LogP contribution in [0.25, 0.3) is 10.2 Å². The molecule has 5 rings (SSSR count). The molecular formula is C27H34ClN5O3S2. The number of sulfonamides is 1. The van der Waals surface area contributed by atoms with Crippen LogP contribution >= 0.6 is 22.9 Å². The molecule has 0 radical (unpaired) electrons. The van der Waals surface area contributed by atoms with Crippen LogP contribution in [0.2, 0.25) is 5.02 Å². The van der Waals surface area contributed by atoms with E-state index in [1.54, 1.807) is 39.9 Å². The van der Waals surface area contributed by atoms with Gasteiger partial charge in [-0.15, -0.1) is 0 Å². The molecule has 1 unspecified atom stereocenters. The minimum absolute atomic E-state index is 0.0545. The molecule has 0 saturated carbocycles. The lowest BCUT2D eigenvalue weighted by Crippen LogP contribution is -2.48. The lowest BCUT2D eigenvalue weighted by molar-refractivity contribution is 0.0947. The van der Waals surface area contributed by atoms with E-state index < -0.39 is 10.0 Å². The van der Waals surface area contributed by atoms with Gasteiger partial charge in [0.2, 0.25) is 10.0 Å². The van der Waals surface area contributed by atoms with Crippen LogP contribution in [-0.4, -0.2) is 80.4 Å². The van der Waals surface area contributed by atoms with Crippen LogP contribution in [0.4, 0.5) is 5.13 Å². The highest BCUT2D eigenvalue weighted by Gasteiger charge is 2.32. The largest absolute Gasteiger partial charge is 0.351 e. The first-order valence-electron chi connectivity index (χ1n) is 13.3. The van der Waals surface area contributed by atoms with Crippen molar-refractivity contribution in [3.05, 3.63) is 53.1 Å². The quantitative estimate of drug-likeness (QED) is 0.427. The van der Waals surface area contributed by atoms with E-state index >= 15 is 0 Å². The van der Waals surface area contributed by atoms with Gasteiger partial charge in [-0.1, -0.05) is 36.3 Å². The highest BCUT2D eigenvalue weighted by Crippen LogP contribution is 2.31. The Hall–Kier alpha value is -2.24. The number of thiazole rings is 1. The van der Waals surface area contributed by atoms with E-state index in [-0.39, 0.29) is 16.8 Å². The van der Waals surface area contributed by atoms with Crippen LogP contribution in [0.5, 0.6) is 0 Å². The first kappa shape index (κ1) is 27.3. The van der Waals surface area contributed by atoms with Gasteiger partial charge in [-0.3, -0.25) is 9.69 Å². The number of nitrogens with one attached hydrogen (secondary N) is 1. The fourth-order valence-electron chi connectivity index (χ4n) is 5.23. The van der Waals surface area contributed by atoms with Crippen LogP contribution in [0.15, 0.2) is 47.4 Å². The standard InChI is InChI=1S/C27H34ClN5O3S2/c1-2-22-5-3-4-13-33(22)38(35,36)23-9-6-20(7-10-23)26(34)29-12-14-31-15-17-32(18-16-31)27-30-24-11-8-21(28)19-25(24)37-27/h6-11,19,22H,2-5,12-18H2,1H3,(H,29,34). The maximum Gasteiger partial charge on any atom is 0.251 e. The molecule has 0 aliphatic carbocycles. The molecule has 204 valence electrons. The Bertz CT molecular complexity index is 1370.